The lowest BCUT2D eigenvalue weighted by Gasteiger charge is -2.34. The highest BCUT2D eigenvalue weighted by molar-refractivity contribution is 7.92. The summed E-state index contributed by atoms with van der Waals surface area (Å²) in [6.07, 6.45) is 1.82. The van der Waals surface area contributed by atoms with Crippen LogP contribution in [0.15, 0.2) is 72.8 Å². The van der Waals surface area contributed by atoms with E-state index in [4.69, 9.17) is 11.6 Å². The first kappa shape index (κ1) is 31.1. The van der Waals surface area contributed by atoms with Crippen LogP contribution in [0, 0.1) is 12.7 Å². The molecule has 0 fully saturated rings. The quantitative estimate of drug-likeness (QED) is 0.319. The molecule has 1 N–H and O–H groups in total. The largest absolute Gasteiger partial charge is 0.352 e. The van der Waals surface area contributed by atoms with Gasteiger partial charge in [0, 0.05) is 29.6 Å². The van der Waals surface area contributed by atoms with Gasteiger partial charge in [0.25, 0.3) is 0 Å². The van der Waals surface area contributed by atoms with E-state index < -0.39 is 40.2 Å². The number of amides is 2. The van der Waals surface area contributed by atoms with Gasteiger partial charge in [-0.25, -0.2) is 12.8 Å². The van der Waals surface area contributed by atoms with Crippen LogP contribution in [0.5, 0.6) is 0 Å². The lowest BCUT2D eigenvalue weighted by atomic mass is 10.0. The minimum atomic E-state index is -3.94. The van der Waals surface area contributed by atoms with E-state index in [2.05, 4.69) is 5.32 Å². The summed E-state index contributed by atoms with van der Waals surface area (Å²) in [4.78, 5) is 29.0. The molecule has 0 radical (unpaired) electrons. The Morgan fingerprint density at radius 2 is 1.65 bits per heavy atom. The molecular formula is C30H35ClFN3O4S. The minimum Gasteiger partial charge on any atom is -0.352 e. The molecule has 0 aliphatic rings. The number of benzene rings is 3. The zero-order valence-electron chi connectivity index (χ0n) is 23.1. The van der Waals surface area contributed by atoms with Crippen molar-refractivity contribution in [2.45, 2.75) is 52.2 Å². The van der Waals surface area contributed by atoms with E-state index in [0.717, 1.165) is 16.1 Å². The van der Waals surface area contributed by atoms with Crippen molar-refractivity contribution in [2.75, 3.05) is 17.1 Å². The molecule has 3 aromatic rings. The summed E-state index contributed by atoms with van der Waals surface area (Å²) in [6.45, 7) is 4.61. The number of hydrogen-bond donors (Lipinski definition) is 1. The Morgan fingerprint density at radius 1 is 1.00 bits per heavy atom. The van der Waals surface area contributed by atoms with Crippen molar-refractivity contribution in [3.05, 3.63) is 100 Å². The van der Waals surface area contributed by atoms with Crippen LogP contribution in [0.25, 0.3) is 0 Å². The Kier molecular flexibility index (Phi) is 10.7. The van der Waals surface area contributed by atoms with E-state index in [1.54, 1.807) is 31.2 Å². The number of nitrogens with one attached hydrogen (secondary N) is 1. The van der Waals surface area contributed by atoms with Gasteiger partial charge < -0.3 is 10.2 Å². The van der Waals surface area contributed by atoms with Crippen molar-refractivity contribution < 1.29 is 22.4 Å². The monoisotopic (exact) mass is 587 g/mol. The second-order valence-electron chi connectivity index (χ2n) is 9.79. The van der Waals surface area contributed by atoms with Gasteiger partial charge in [0.15, 0.2) is 0 Å². The third kappa shape index (κ3) is 8.05. The van der Waals surface area contributed by atoms with Gasteiger partial charge >= 0.3 is 0 Å². The summed E-state index contributed by atoms with van der Waals surface area (Å²) >= 11 is 6.26. The fraction of sp³-hybridized carbons (Fsp3) is 0.333. The lowest BCUT2D eigenvalue weighted by molar-refractivity contribution is -0.140. The van der Waals surface area contributed by atoms with Gasteiger partial charge in [-0.2, -0.15) is 0 Å². The summed E-state index contributed by atoms with van der Waals surface area (Å²) in [6, 6.07) is 18.8. The SMILES string of the molecule is CCC(C)NC(=O)C(Cc1ccccc1)N(Cc1ccccc1F)C(=O)CN(c1cccc(Cl)c1C)S(C)(=O)=O. The van der Waals surface area contributed by atoms with Crippen molar-refractivity contribution >= 4 is 39.1 Å². The van der Waals surface area contributed by atoms with E-state index in [9.17, 15) is 22.4 Å². The smallest absolute Gasteiger partial charge is 0.244 e. The molecule has 0 heterocycles. The van der Waals surface area contributed by atoms with E-state index in [0.29, 0.717) is 17.0 Å². The Labute approximate surface area is 241 Å². The molecule has 0 spiro atoms. The third-order valence-corrected chi connectivity index (χ3v) is 8.29. The van der Waals surface area contributed by atoms with Crippen LogP contribution >= 0.6 is 11.6 Å². The Bertz CT molecular complexity index is 1440. The molecule has 10 heteroatoms. The number of halogens is 2. The molecule has 0 saturated heterocycles. The summed E-state index contributed by atoms with van der Waals surface area (Å²) in [5, 5.41) is 3.29. The highest BCUT2D eigenvalue weighted by Gasteiger charge is 2.34. The van der Waals surface area contributed by atoms with Crippen LogP contribution in [0.4, 0.5) is 10.1 Å². The molecule has 0 aromatic heterocycles. The number of anilines is 1. The number of carbonyl (C=O) groups is 2. The lowest BCUT2D eigenvalue weighted by Crippen LogP contribution is -2.54. The standard InChI is InChI=1S/C30H35ClFN3O4S/c1-5-21(2)33-30(37)28(18-23-12-7-6-8-13-23)34(19-24-14-9-10-16-26(24)32)29(36)20-35(40(4,38)39)27-17-11-15-25(31)22(27)3/h6-17,21,28H,5,18-20H2,1-4H3,(H,33,37). The van der Waals surface area contributed by atoms with Crippen molar-refractivity contribution in [3.8, 4) is 0 Å². The molecule has 0 saturated carbocycles. The average molecular weight is 588 g/mol. The first-order valence-electron chi connectivity index (χ1n) is 13.0. The van der Waals surface area contributed by atoms with Crippen LogP contribution in [-0.2, 0) is 32.6 Å². The topological polar surface area (TPSA) is 86.8 Å². The molecule has 3 aromatic carbocycles. The fourth-order valence-electron chi connectivity index (χ4n) is 4.27. The Hall–Kier alpha value is -3.43. The van der Waals surface area contributed by atoms with E-state index in [1.807, 2.05) is 44.2 Å². The molecule has 0 bridgehead atoms. The van der Waals surface area contributed by atoms with Gasteiger partial charge in [-0.1, -0.05) is 73.1 Å². The summed E-state index contributed by atoms with van der Waals surface area (Å²) < 4.78 is 41.6. The van der Waals surface area contributed by atoms with E-state index >= 15 is 0 Å². The van der Waals surface area contributed by atoms with Gasteiger partial charge in [-0.15, -0.1) is 0 Å². The first-order chi connectivity index (χ1) is 18.9. The van der Waals surface area contributed by atoms with Crippen LogP contribution in [0.2, 0.25) is 5.02 Å². The van der Waals surface area contributed by atoms with Crippen molar-refractivity contribution in [3.63, 3.8) is 0 Å². The third-order valence-electron chi connectivity index (χ3n) is 6.76. The van der Waals surface area contributed by atoms with Gasteiger partial charge in [0.2, 0.25) is 21.8 Å². The maximum atomic E-state index is 14.8. The predicted octanol–water partition coefficient (Wildman–Crippen LogP) is 5.11. The van der Waals surface area contributed by atoms with E-state index in [1.165, 1.54) is 23.1 Å². The van der Waals surface area contributed by atoms with Crippen LogP contribution in [0.1, 0.15) is 37.0 Å². The number of rotatable bonds is 12. The molecule has 0 aliphatic heterocycles. The van der Waals surface area contributed by atoms with Crippen molar-refractivity contribution in [2.24, 2.45) is 0 Å². The second kappa shape index (κ2) is 13.8. The molecule has 3 rings (SSSR count). The fourth-order valence-corrected chi connectivity index (χ4v) is 5.34. The maximum absolute atomic E-state index is 14.8. The highest BCUT2D eigenvalue weighted by Crippen LogP contribution is 2.29. The summed E-state index contributed by atoms with van der Waals surface area (Å²) in [5.74, 6) is -1.60. The van der Waals surface area contributed by atoms with Crippen LogP contribution in [-0.4, -0.2) is 50.0 Å². The highest BCUT2D eigenvalue weighted by atomic mass is 35.5. The molecule has 2 atom stereocenters. The van der Waals surface area contributed by atoms with Gasteiger partial charge in [0.05, 0.1) is 11.9 Å². The second-order valence-corrected chi connectivity index (χ2v) is 12.1. The number of hydrogen-bond acceptors (Lipinski definition) is 4. The average Bonchev–Trinajstić information content (AvgIpc) is 2.91. The minimum absolute atomic E-state index is 0.151. The molecule has 214 valence electrons. The Balaban J connectivity index is 2.10. The molecular weight excluding hydrogens is 553 g/mol. The predicted molar refractivity (Wildman–Crippen MR) is 157 cm³/mol. The Morgan fingerprint density at radius 3 is 2.27 bits per heavy atom. The van der Waals surface area contributed by atoms with Crippen molar-refractivity contribution in [1.82, 2.24) is 10.2 Å². The van der Waals surface area contributed by atoms with Crippen molar-refractivity contribution in [1.29, 1.82) is 0 Å². The molecule has 7 nitrogen and oxygen atoms in total. The first-order valence-corrected chi connectivity index (χ1v) is 15.2. The van der Waals surface area contributed by atoms with Gasteiger partial charge in [-0.05, 0) is 49.6 Å². The number of carbonyl (C=O) groups excluding carboxylic acids is 2. The summed E-state index contributed by atoms with van der Waals surface area (Å²) in [5.41, 5.74) is 1.73. The van der Waals surface area contributed by atoms with E-state index in [-0.39, 0.29) is 30.3 Å². The maximum Gasteiger partial charge on any atom is 0.244 e. The van der Waals surface area contributed by atoms with Crippen LogP contribution < -0.4 is 9.62 Å². The van der Waals surface area contributed by atoms with Gasteiger partial charge in [-0.3, -0.25) is 13.9 Å². The zero-order chi connectivity index (χ0) is 29.4. The molecule has 2 amide bonds. The molecule has 40 heavy (non-hydrogen) atoms. The van der Waals surface area contributed by atoms with Crippen LogP contribution in [0.3, 0.4) is 0 Å². The zero-order valence-corrected chi connectivity index (χ0v) is 24.7. The van der Waals surface area contributed by atoms with Gasteiger partial charge in [0.1, 0.15) is 18.4 Å². The number of nitrogens with zero attached hydrogens (tertiary/aromatic N) is 2. The summed E-state index contributed by atoms with van der Waals surface area (Å²) in [7, 11) is -3.94. The number of sulfonamides is 1. The molecule has 0 aliphatic carbocycles. The molecule has 2 unspecified atom stereocenters. The normalized spacial score (nSPS) is 12.8.